The molecule has 3 rings (SSSR count). The molecule has 1 heterocycles. The van der Waals surface area contributed by atoms with Crippen LogP contribution in [0.1, 0.15) is 41.1 Å². The van der Waals surface area contributed by atoms with Gasteiger partial charge in [-0.2, -0.15) is 0 Å². The van der Waals surface area contributed by atoms with Crippen LogP contribution in [0.3, 0.4) is 0 Å². The van der Waals surface area contributed by atoms with Crippen molar-refractivity contribution in [3.8, 4) is 0 Å². The molecule has 2 heteroatoms. The Balaban J connectivity index is 2.13. The molecule has 1 N–H and O–H groups in total. The third-order valence-corrected chi connectivity index (χ3v) is 3.07. The van der Waals surface area contributed by atoms with Crippen molar-refractivity contribution in [3.05, 3.63) is 29.3 Å². The van der Waals surface area contributed by atoms with E-state index in [9.17, 15) is 4.79 Å². The summed E-state index contributed by atoms with van der Waals surface area (Å²) in [6.45, 7) is 0.801. The van der Waals surface area contributed by atoms with Gasteiger partial charge in [0, 0.05) is 24.2 Å². The van der Waals surface area contributed by atoms with E-state index in [2.05, 4.69) is 11.4 Å². The number of anilines is 1. The lowest BCUT2D eigenvalue weighted by Crippen LogP contribution is -2.19. The Kier molecular flexibility index (Phi) is 1.63. The molecule has 72 valence electrons. The standard InChI is InChI=1S/C12H13NO/c14-11-6-7-13-12-9(8-4-5-8)2-1-3-10(11)12/h1-3,8,13H,4-7H2. The number of Topliss-reactive ketones (excluding diaryl/α,β-unsaturated/α-hetero) is 1. The Labute approximate surface area is 83.3 Å². The van der Waals surface area contributed by atoms with E-state index >= 15 is 0 Å². The molecule has 0 spiro atoms. The third-order valence-electron chi connectivity index (χ3n) is 3.07. The van der Waals surface area contributed by atoms with Gasteiger partial charge in [-0.05, 0) is 30.4 Å². The molecule has 1 aliphatic carbocycles. The lowest BCUT2D eigenvalue weighted by Gasteiger charge is -2.20. The number of ketones is 1. The summed E-state index contributed by atoms with van der Waals surface area (Å²) in [5, 5.41) is 3.36. The van der Waals surface area contributed by atoms with E-state index in [4.69, 9.17) is 0 Å². The zero-order valence-electron chi connectivity index (χ0n) is 8.05. The molecule has 0 saturated heterocycles. The molecule has 1 saturated carbocycles. The number of hydrogen-bond acceptors (Lipinski definition) is 2. The molecule has 1 aromatic carbocycles. The highest BCUT2D eigenvalue weighted by Gasteiger charge is 2.29. The van der Waals surface area contributed by atoms with E-state index in [0.717, 1.165) is 17.8 Å². The van der Waals surface area contributed by atoms with Crippen LogP contribution in [0.15, 0.2) is 18.2 Å². The van der Waals surface area contributed by atoms with Crippen LogP contribution in [-0.2, 0) is 0 Å². The van der Waals surface area contributed by atoms with E-state index < -0.39 is 0 Å². The number of carbonyl (C=O) groups is 1. The molecule has 14 heavy (non-hydrogen) atoms. The van der Waals surface area contributed by atoms with Gasteiger partial charge in [-0.25, -0.2) is 0 Å². The highest BCUT2D eigenvalue weighted by Crippen LogP contribution is 2.45. The highest BCUT2D eigenvalue weighted by molar-refractivity contribution is 6.03. The maximum Gasteiger partial charge on any atom is 0.166 e. The highest BCUT2D eigenvalue weighted by atomic mass is 16.1. The number of para-hydroxylation sites is 1. The van der Waals surface area contributed by atoms with E-state index in [0.29, 0.717) is 18.1 Å². The second-order valence-corrected chi connectivity index (χ2v) is 4.14. The topological polar surface area (TPSA) is 29.1 Å². The van der Waals surface area contributed by atoms with Crippen molar-refractivity contribution in [1.29, 1.82) is 0 Å². The molecule has 0 aromatic heterocycles. The Morgan fingerprint density at radius 1 is 1.29 bits per heavy atom. The van der Waals surface area contributed by atoms with Gasteiger partial charge in [-0.3, -0.25) is 4.79 Å². The largest absolute Gasteiger partial charge is 0.384 e. The second-order valence-electron chi connectivity index (χ2n) is 4.14. The molecule has 0 atom stereocenters. The average molecular weight is 187 g/mol. The van der Waals surface area contributed by atoms with Gasteiger partial charge >= 0.3 is 0 Å². The van der Waals surface area contributed by atoms with Crippen LogP contribution in [0.5, 0.6) is 0 Å². The number of benzene rings is 1. The zero-order chi connectivity index (χ0) is 9.54. The van der Waals surface area contributed by atoms with Gasteiger partial charge in [-0.1, -0.05) is 12.1 Å². The molecule has 2 aliphatic rings. The van der Waals surface area contributed by atoms with Crippen LogP contribution in [0.4, 0.5) is 5.69 Å². The molecule has 1 aromatic rings. The maximum absolute atomic E-state index is 11.6. The zero-order valence-corrected chi connectivity index (χ0v) is 8.05. The van der Waals surface area contributed by atoms with E-state index in [-0.39, 0.29) is 0 Å². The predicted molar refractivity (Wildman–Crippen MR) is 55.9 cm³/mol. The average Bonchev–Trinajstić information content (AvgIpc) is 3.01. The summed E-state index contributed by atoms with van der Waals surface area (Å²) in [6.07, 6.45) is 3.21. The van der Waals surface area contributed by atoms with Gasteiger partial charge in [-0.15, -0.1) is 0 Å². The summed E-state index contributed by atoms with van der Waals surface area (Å²) in [5.74, 6) is 1.00. The summed E-state index contributed by atoms with van der Waals surface area (Å²) in [6, 6.07) is 6.11. The summed E-state index contributed by atoms with van der Waals surface area (Å²) in [7, 11) is 0. The monoisotopic (exact) mass is 187 g/mol. The van der Waals surface area contributed by atoms with Crippen LogP contribution in [0.2, 0.25) is 0 Å². The van der Waals surface area contributed by atoms with Crippen molar-refractivity contribution in [1.82, 2.24) is 0 Å². The lowest BCUT2D eigenvalue weighted by molar-refractivity contribution is 0.0983. The Bertz CT molecular complexity index is 393. The van der Waals surface area contributed by atoms with E-state index in [1.807, 2.05) is 12.1 Å². The van der Waals surface area contributed by atoms with Gasteiger partial charge in [0.05, 0.1) is 0 Å². The smallest absolute Gasteiger partial charge is 0.166 e. The Morgan fingerprint density at radius 2 is 2.14 bits per heavy atom. The van der Waals surface area contributed by atoms with Crippen LogP contribution in [0, 0.1) is 0 Å². The SMILES string of the molecule is O=C1CCNc2c1cccc2C1CC1. The predicted octanol–water partition coefficient (Wildman–Crippen LogP) is 2.56. The fourth-order valence-electron chi connectivity index (χ4n) is 2.17. The van der Waals surface area contributed by atoms with Gasteiger partial charge in [0.1, 0.15) is 0 Å². The van der Waals surface area contributed by atoms with Gasteiger partial charge in [0.25, 0.3) is 0 Å². The first-order valence-corrected chi connectivity index (χ1v) is 5.26. The van der Waals surface area contributed by atoms with Crippen molar-refractivity contribution in [2.45, 2.75) is 25.2 Å². The maximum atomic E-state index is 11.6. The number of hydrogen-bond donors (Lipinski definition) is 1. The van der Waals surface area contributed by atoms with Crippen molar-refractivity contribution in [2.75, 3.05) is 11.9 Å². The molecule has 1 aliphatic heterocycles. The van der Waals surface area contributed by atoms with Crippen LogP contribution in [0.25, 0.3) is 0 Å². The second kappa shape index (κ2) is 2.84. The Morgan fingerprint density at radius 3 is 2.93 bits per heavy atom. The normalized spacial score (nSPS) is 20.1. The molecule has 2 nitrogen and oxygen atoms in total. The van der Waals surface area contributed by atoms with Crippen molar-refractivity contribution in [2.24, 2.45) is 0 Å². The van der Waals surface area contributed by atoms with Crippen LogP contribution < -0.4 is 5.32 Å². The summed E-state index contributed by atoms with van der Waals surface area (Å²) in [5.41, 5.74) is 3.38. The van der Waals surface area contributed by atoms with E-state index in [1.54, 1.807) is 0 Å². The van der Waals surface area contributed by atoms with Crippen molar-refractivity contribution in [3.63, 3.8) is 0 Å². The first-order chi connectivity index (χ1) is 6.86. The fourth-order valence-corrected chi connectivity index (χ4v) is 2.17. The van der Waals surface area contributed by atoms with Gasteiger partial charge in [0.2, 0.25) is 0 Å². The van der Waals surface area contributed by atoms with Crippen molar-refractivity contribution < 1.29 is 4.79 Å². The minimum atomic E-state index is 0.293. The van der Waals surface area contributed by atoms with Crippen LogP contribution >= 0.6 is 0 Å². The molecule has 1 fully saturated rings. The van der Waals surface area contributed by atoms with E-state index in [1.165, 1.54) is 18.4 Å². The minimum Gasteiger partial charge on any atom is -0.384 e. The number of carbonyl (C=O) groups excluding carboxylic acids is 1. The van der Waals surface area contributed by atoms with Gasteiger partial charge < -0.3 is 5.32 Å². The first-order valence-electron chi connectivity index (χ1n) is 5.26. The Hall–Kier alpha value is -1.31. The molecular formula is C12H13NO. The van der Waals surface area contributed by atoms with Gasteiger partial charge in [0.15, 0.2) is 5.78 Å². The molecule has 0 unspecified atom stereocenters. The molecule has 0 bridgehead atoms. The molecular weight excluding hydrogens is 174 g/mol. The number of rotatable bonds is 1. The fraction of sp³-hybridized carbons (Fsp3) is 0.417. The number of nitrogens with one attached hydrogen (secondary N) is 1. The molecule has 0 amide bonds. The summed E-state index contributed by atoms with van der Waals surface area (Å²) >= 11 is 0. The minimum absolute atomic E-state index is 0.293. The molecule has 0 radical (unpaired) electrons. The third kappa shape index (κ3) is 1.14. The lowest BCUT2D eigenvalue weighted by atomic mass is 9.96. The number of fused-ring (bicyclic) bond motifs is 1. The quantitative estimate of drug-likeness (QED) is 0.732. The van der Waals surface area contributed by atoms with Crippen LogP contribution in [-0.4, -0.2) is 12.3 Å². The summed E-state index contributed by atoms with van der Waals surface area (Å²) < 4.78 is 0. The van der Waals surface area contributed by atoms with Crippen molar-refractivity contribution >= 4 is 11.5 Å². The first kappa shape index (κ1) is 8.04. The summed E-state index contributed by atoms with van der Waals surface area (Å²) in [4.78, 5) is 11.6.